The lowest BCUT2D eigenvalue weighted by molar-refractivity contribution is -0.151. The fraction of sp³-hybridized carbons (Fsp3) is 0.688. The minimum absolute atomic E-state index is 0.0624. The predicted octanol–water partition coefficient (Wildman–Crippen LogP) is 2.80. The van der Waals surface area contributed by atoms with Gasteiger partial charge in [-0.3, -0.25) is 4.79 Å². The number of ketones is 1. The zero-order valence-corrected chi connectivity index (χ0v) is 14.3. The van der Waals surface area contributed by atoms with Crippen LogP contribution in [0.15, 0.2) is 5.16 Å². The number of Topliss-reactive ketones (excluding diaryl/α,β-unsaturated/α-hetero) is 1. The van der Waals surface area contributed by atoms with E-state index in [0.29, 0.717) is 18.5 Å². The van der Waals surface area contributed by atoms with Gasteiger partial charge >= 0.3 is 6.18 Å². The second kappa shape index (κ2) is 6.21. The van der Waals surface area contributed by atoms with Gasteiger partial charge in [-0.2, -0.15) is 13.2 Å². The first-order valence-electron chi connectivity index (χ1n) is 8.24. The Labute approximate surface area is 146 Å². The molecule has 2 fully saturated rings. The fourth-order valence-corrected chi connectivity index (χ4v) is 4.63. The first-order chi connectivity index (χ1) is 11.8. The maximum absolute atomic E-state index is 13.5. The van der Waals surface area contributed by atoms with Crippen molar-refractivity contribution in [1.82, 2.24) is 9.97 Å². The van der Waals surface area contributed by atoms with E-state index >= 15 is 0 Å². The molecular weight excluding hydrogens is 357 g/mol. The van der Waals surface area contributed by atoms with E-state index in [0.717, 1.165) is 18.2 Å². The molecule has 2 bridgehead atoms. The SMILES string of the molecule is C[C@H]1CCc2nc(S[C@@H]3CC(=O)[C@H]4OC[C@H]3O4)nc(C(F)(F)F)c2C1. The van der Waals surface area contributed by atoms with Crippen molar-refractivity contribution in [3.63, 3.8) is 0 Å². The van der Waals surface area contributed by atoms with Crippen LogP contribution in [0.5, 0.6) is 0 Å². The van der Waals surface area contributed by atoms with Gasteiger partial charge in [-0.25, -0.2) is 9.97 Å². The molecule has 0 aromatic carbocycles. The molecular formula is C16H17F3N2O3S. The van der Waals surface area contributed by atoms with Gasteiger partial charge < -0.3 is 9.47 Å². The van der Waals surface area contributed by atoms with Crippen LogP contribution in [0.25, 0.3) is 0 Å². The van der Waals surface area contributed by atoms with Crippen LogP contribution in [0.1, 0.15) is 36.7 Å². The van der Waals surface area contributed by atoms with E-state index in [2.05, 4.69) is 9.97 Å². The van der Waals surface area contributed by atoms with Crippen LogP contribution < -0.4 is 0 Å². The summed E-state index contributed by atoms with van der Waals surface area (Å²) < 4.78 is 51.1. The van der Waals surface area contributed by atoms with Crippen LogP contribution in [0.3, 0.4) is 0 Å². The monoisotopic (exact) mass is 374 g/mol. The smallest absolute Gasteiger partial charge is 0.343 e. The summed E-state index contributed by atoms with van der Waals surface area (Å²) in [5.74, 6) is 0.00159. The Morgan fingerprint density at radius 1 is 1.24 bits per heavy atom. The van der Waals surface area contributed by atoms with Gasteiger partial charge in [-0.15, -0.1) is 0 Å². The van der Waals surface area contributed by atoms with E-state index in [1.807, 2.05) is 6.92 Å². The van der Waals surface area contributed by atoms with Gasteiger partial charge in [0.15, 0.2) is 16.6 Å². The van der Waals surface area contributed by atoms with E-state index in [1.165, 1.54) is 0 Å². The van der Waals surface area contributed by atoms with Crippen molar-refractivity contribution in [2.45, 2.75) is 61.6 Å². The highest BCUT2D eigenvalue weighted by Gasteiger charge is 2.45. The highest BCUT2D eigenvalue weighted by Crippen LogP contribution is 2.40. The Hall–Kier alpha value is -1.19. The number of fused-ring (bicyclic) bond motifs is 3. The number of ether oxygens (including phenoxy) is 2. The number of hydrogen-bond donors (Lipinski definition) is 0. The Balaban J connectivity index is 1.65. The summed E-state index contributed by atoms with van der Waals surface area (Å²) in [5.41, 5.74) is -0.141. The molecule has 3 heterocycles. The van der Waals surface area contributed by atoms with Crippen LogP contribution in [-0.2, 0) is 33.3 Å². The molecule has 1 aromatic heterocycles. The first-order valence-corrected chi connectivity index (χ1v) is 9.12. The van der Waals surface area contributed by atoms with Gasteiger partial charge in [-0.05, 0) is 25.2 Å². The molecule has 4 atom stereocenters. The van der Waals surface area contributed by atoms with Crippen LogP contribution in [-0.4, -0.2) is 40.0 Å². The third kappa shape index (κ3) is 3.29. The Morgan fingerprint density at radius 2 is 2.04 bits per heavy atom. The second-order valence-electron chi connectivity index (χ2n) is 6.79. The van der Waals surface area contributed by atoms with Crippen molar-refractivity contribution in [3.05, 3.63) is 17.0 Å². The molecule has 2 aliphatic heterocycles. The van der Waals surface area contributed by atoms with Crippen LogP contribution in [0.2, 0.25) is 0 Å². The number of rotatable bonds is 2. The molecule has 9 heteroatoms. The standard InChI is InChI=1S/C16H17F3N2O3S/c1-7-2-3-9-8(4-7)13(16(17,18)19)21-15(20-9)25-12-5-10(22)14-23-6-11(12)24-14/h7,11-12,14H,2-6H2,1H3/t7-,11+,12+,14-/m0/s1. The minimum atomic E-state index is -4.51. The fourth-order valence-electron chi connectivity index (χ4n) is 3.51. The van der Waals surface area contributed by atoms with Crippen molar-refractivity contribution in [2.75, 3.05) is 6.61 Å². The van der Waals surface area contributed by atoms with Crippen LogP contribution in [0, 0.1) is 5.92 Å². The Morgan fingerprint density at radius 3 is 2.80 bits per heavy atom. The molecule has 0 saturated carbocycles. The van der Waals surface area contributed by atoms with Gasteiger partial charge in [0.25, 0.3) is 0 Å². The summed E-state index contributed by atoms with van der Waals surface area (Å²) >= 11 is 1.08. The molecule has 25 heavy (non-hydrogen) atoms. The molecule has 3 aliphatic rings. The molecule has 1 aliphatic carbocycles. The van der Waals surface area contributed by atoms with Gasteiger partial charge in [0, 0.05) is 22.9 Å². The van der Waals surface area contributed by atoms with Gasteiger partial charge in [0.05, 0.1) is 12.7 Å². The lowest BCUT2D eigenvalue weighted by atomic mass is 9.87. The Bertz CT molecular complexity index is 713. The van der Waals surface area contributed by atoms with E-state index in [1.54, 1.807) is 0 Å². The summed E-state index contributed by atoms with van der Waals surface area (Å²) in [5, 5.41) is -0.264. The lowest BCUT2D eigenvalue weighted by Crippen LogP contribution is -2.37. The number of nitrogens with zero attached hydrogens (tertiary/aromatic N) is 2. The third-order valence-corrected chi connectivity index (χ3v) is 5.98. The second-order valence-corrected chi connectivity index (χ2v) is 8.00. The molecule has 5 nitrogen and oxygen atoms in total. The number of carbonyl (C=O) groups excluding carboxylic acids is 1. The number of hydrogen-bond acceptors (Lipinski definition) is 6. The third-order valence-electron chi connectivity index (χ3n) is 4.81. The molecule has 0 unspecified atom stereocenters. The molecule has 0 N–H and O–H groups in total. The van der Waals surface area contributed by atoms with Gasteiger partial charge in [0.1, 0.15) is 0 Å². The van der Waals surface area contributed by atoms with Gasteiger partial charge in [0.2, 0.25) is 6.29 Å². The number of carbonyl (C=O) groups is 1. The van der Waals surface area contributed by atoms with E-state index in [-0.39, 0.29) is 46.8 Å². The highest BCUT2D eigenvalue weighted by atomic mass is 32.2. The number of thioether (sulfide) groups is 1. The number of aryl methyl sites for hydroxylation is 1. The maximum atomic E-state index is 13.5. The predicted molar refractivity (Wildman–Crippen MR) is 82.1 cm³/mol. The van der Waals surface area contributed by atoms with Crippen LogP contribution >= 0.6 is 11.8 Å². The molecule has 2 saturated heterocycles. The summed E-state index contributed by atoms with van der Waals surface area (Å²) in [4.78, 5) is 20.0. The first kappa shape index (κ1) is 17.2. The molecule has 136 valence electrons. The van der Waals surface area contributed by atoms with Crippen molar-refractivity contribution in [2.24, 2.45) is 5.92 Å². The summed E-state index contributed by atoms with van der Waals surface area (Å²) in [6.45, 7) is 2.20. The average molecular weight is 374 g/mol. The number of aromatic nitrogens is 2. The van der Waals surface area contributed by atoms with Crippen molar-refractivity contribution < 1.29 is 27.4 Å². The van der Waals surface area contributed by atoms with Crippen LogP contribution in [0.4, 0.5) is 13.2 Å². The van der Waals surface area contributed by atoms with Gasteiger partial charge in [-0.1, -0.05) is 18.7 Å². The summed E-state index contributed by atoms with van der Waals surface area (Å²) in [7, 11) is 0. The largest absolute Gasteiger partial charge is 0.433 e. The molecule has 4 rings (SSSR count). The van der Waals surface area contributed by atoms with Crippen molar-refractivity contribution >= 4 is 17.5 Å². The highest BCUT2D eigenvalue weighted by molar-refractivity contribution is 7.99. The van der Waals surface area contributed by atoms with Crippen molar-refractivity contribution in [3.8, 4) is 0 Å². The normalized spacial score (nSPS) is 31.9. The summed E-state index contributed by atoms with van der Waals surface area (Å²) in [6, 6.07) is 0. The average Bonchev–Trinajstić information content (AvgIpc) is 2.97. The maximum Gasteiger partial charge on any atom is 0.433 e. The molecule has 0 radical (unpaired) electrons. The number of alkyl halides is 3. The Kier molecular flexibility index (Phi) is 4.28. The number of halogens is 3. The lowest BCUT2D eigenvalue weighted by Gasteiger charge is -2.27. The summed E-state index contributed by atoms with van der Waals surface area (Å²) in [6.07, 6.45) is -3.78. The van der Waals surface area contributed by atoms with E-state index in [4.69, 9.17) is 9.47 Å². The molecule has 0 amide bonds. The quantitative estimate of drug-likeness (QED) is 0.742. The molecule has 0 spiro atoms. The zero-order chi connectivity index (χ0) is 17.8. The zero-order valence-electron chi connectivity index (χ0n) is 13.5. The minimum Gasteiger partial charge on any atom is -0.343 e. The van der Waals surface area contributed by atoms with E-state index in [9.17, 15) is 18.0 Å². The topological polar surface area (TPSA) is 61.3 Å². The molecule has 1 aromatic rings. The van der Waals surface area contributed by atoms with E-state index < -0.39 is 18.2 Å². The van der Waals surface area contributed by atoms with Crippen molar-refractivity contribution in [1.29, 1.82) is 0 Å².